The summed E-state index contributed by atoms with van der Waals surface area (Å²) in [5, 5.41) is 0. The van der Waals surface area contributed by atoms with Gasteiger partial charge in [-0.1, -0.05) is 6.07 Å². The van der Waals surface area contributed by atoms with Gasteiger partial charge in [-0.25, -0.2) is 4.98 Å². The molecule has 0 fully saturated rings. The summed E-state index contributed by atoms with van der Waals surface area (Å²) in [4.78, 5) is 4.18. The van der Waals surface area contributed by atoms with Gasteiger partial charge in [-0.2, -0.15) is 0 Å². The number of methoxy groups -OCH3 is 1. The lowest BCUT2D eigenvalue weighted by molar-refractivity contribution is -0.0401. The first kappa shape index (κ1) is 9.64. The van der Waals surface area contributed by atoms with Crippen molar-refractivity contribution in [2.45, 2.75) is 6.61 Å². The summed E-state index contributed by atoms with van der Waals surface area (Å²) in [7, 11) is 1.59. The lowest BCUT2D eigenvalue weighted by atomic mass is 10.4. The zero-order valence-electron chi connectivity index (χ0n) is 6.79. The molecular formula is C8H10BrNO2. The third kappa shape index (κ3) is 3.30. The van der Waals surface area contributed by atoms with Crippen LogP contribution in [0, 0.1) is 0 Å². The summed E-state index contributed by atoms with van der Waals surface area (Å²) in [6.45, 7) is 0.779. The number of hydrogen-bond donors (Lipinski definition) is 0. The molecule has 0 aromatic carbocycles. The third-order valence-corrected chi connectivity index (χ3v) is 1.67. The van der Waals surface area contributed by atoms with Crippen molar-refractivity contribution in [2.24, 2.45) is 0 Å². The van der Waals surface area contributed by atoms with Crippen molar-refractivity contribution < 1.29 is 9.47 Å². The molecule has 0 amide bonds. The van der Waals surface area contributed by atoms with Gasteiger partial charge >= 0.3 is 0 Å². The minimum Gasteiger partial charge on any atom is -0.359 e. The largest absolute Gasteiger partial charge is 0.359 e. The van der Waals surface area contributed by atoms with Gasteiger partial charge in [0, 0.05) is 7.11 Å². The monoisotopic (exact) mass is 231 g/mol. The zero-order valence-corrected chi connectivity index (χ0v) is 8.37. The summed E-state index contributed by atoms with van der Waals surface area (Å²) in [5.41, 5.74) is 0.890. The number of aromatic nitrogens is 1. The van der Waals surface area contributed by atoms with E-state index in [0.717, 1.165) is 10.3 Å². The summed E-state index contributed by atoms with van der Waals surface area (Å²) in [6, 6.07) is 5.70. The van der Waals surface area contributed by atoms with Gasteiger partial charge in [-0.15, -0.1) is 0 Å². The highest BCUT2D eigenvalue weighted by Crippen LogP contribution is 2.06. The maximum Gasteiger partial charge on any atom is 0.146 e. The van der Waals surface area contributed by atoms with Crippen molar-refractivity contribution in [3.63, 3.8) is 0 Å². The highest BCUT2D eigenvalue weighted by molar-refractivity contribution is 9.10. The molecule has 0 aliphatic carbocycles. The first-order valence-corrected chi connectivity index (χ1v) is 4.30. The summed E-state index contributed by atoms with van der Waals surface area (Å²) in [6.07, 6.45) is 0. The normalized spacial score (nSPS) is 10.2. The molecule has 3 nitrogen and oxygen atoms in total. The van der Waals surface area contributed by atoms with Crippen LogP contribution in [0.4, 0.5) is 0 Å². The van der Waals surface area contributed by atoms with Crippen LogP contribution >= 0.6 is 15.9 Å². The van der Waals surface area contributed by atoms with Crippen molar-refractivity contribution in [1.82, 2.24) is 4.98 Å². The Morgan fingerprint density at radius 3 is 3.00 bits per heavy atom. The Kier molecular flexibility index (Phi) is 4.21. The average Bonchev–Trinajstić information content (AvgIpc) is 2.05. The molecule has 0 saturated carbocycles. The SMILES string of the molecule is COCOCc1cccc(Br)n1. The zero-order chi connectivity index (χ0) is 8.81. The molecule has 0 bridgehead atoms. The minimum atomic E-state index is 0.300. The second-order valence-corrected chi connectivity index (χ2v) is 3.02. The Labute approximate surface area is 79.8 Å². The maximum absolute atomic E-state index is 5.12. The van der Waals surface area contributed by atoms with E-state index >= 15 is 0 Å². The number of rotatable bonds is 4. The van der Waals surface area contributed by atoms with Crippen LogP contribution in [0.5, 0.6) is 0 Å². The Morgan fingerprint density at radius 2 is 2.33 bits per heavy atom. The summed E-state index contributed by atoms with van der Waals surface area (Å²) < 4.78 is 10.7. The van der Waals surface area contributed by atoms with Crippen LogP contribution in [0.1, 0.15) is 5.69 Å². The standard InChI is InChI=1S/C8H10BrNO2/c1-11-6-12-5-7-3-2-4-8(9)10-7/h2-4H,5-6H2,1H3. The molecule has 1 heterocycles. The van der Waals surface area contributed by atoms with Crippen LogP contribution in [-0.2, 0) is 16.1 Å². The molecule has 1 aromatic heterocycles. The third-order valence-electron chi connectivity index (χ3n) is 1.22. The number of halogens is 1. The second kappa shape index (κ2) is 5.24. The molecule has 66 valence electrons. The van der Waals surface area contributed by atoms with Crippen LogP contribution < -0.4 is 0 Å². The van der Waals surface area contributed by atoms with Gasteiger partial charge in [0.05, 0.1) is 12.3 Å². The molecule has 0 aliphatic rings. The van der Waals surface area contributed by atoms with E-state index in [1.54, 1.807) is 7.11 Å². The van der Waals surface area contributed by atoms with Crippen molar-refractivity contribution in [3.8, 4) is 0 Å². The van der Waals surface area contributed by atoms with Crippen molar-refractivity contribution in [2.75, 3.05) is 13.9 Å². The summed E-state index contributed by atoms with van der Waals surface area (Å²) >= 11 is 3.27. The highest BCUT2D eigenvalue weighted by atomic mass is 79.9. The van der Waals surface area contributed by atoms with E-state index in [9.17, 15) is 0 Å². The average molecular weight is 232 g/mol. The van der Waals surface area contributed by atoms with Gasteiger partial charge in [0.15, 0.2) is 0 Å². The Bertz CT molecular complexity index is 242. The Morgan fingerprint density at radius 1 is 1.50 bits per heavy atom. The molecule has 0 N–H and O–H groups in total. The van der Waals surface area contributed by atoms with E-state index in [2.05, 4.69) is 20.9 Å². The highest BCUT2D eigenvalue weighted by Gasteiger charge is 1.94. The van der Waals surface area contributed by atoms with Crippen molar-refractivity contribution in [3.05, 3.63) is 28.5 Å². The smallest absolute Gasteiger partial charge is 0.146 e. The van der Waals surface area contributed by atoms with Crippen LogP contribution in [0.2, 0.25) is 0 Å². The van der Waals surface area contributed by atoms with Gasteiger partial charge in [0.2, 0.25) is 0 Å². The van der Waals surface area contributed by atoms with E-state index in [4.69, 9.17) is 9.47 Å². The fraction of sp³-hybridized carbons (Fsp3) is 0.375. The molecule has 0 atom stereocenters. The Balaban J connectivity index is 2.41. The van der Waals surface area contributed by atoms with Crippen molar-refractivity contribution >= 4 is 15.9 Å². The van der Waals surface area contributed by atoms with E-state index in [0.29, 0.717) is 13.4 Å². The second-order valence-electron chi connectivity index (χ2n) is 2.21. The topological polar surface area (TPSA) is 31.4 Å². The molecule has 0 spiro atoms. The quantitative estimate of drug-likeness (QED) is 0.451. The van der Waals surface area contributed by atoms with Crippen LogP contribution in [0.15, 0.2) is 22.8 Å². The van der Waals surface area contributed by atoms with Gasteiger partial charge in [-0.3, -0.25) is 0 Å². The number of pyridine rings is 1. The first-order chi connectivity index (χ1) is 5.83. The van der Waals surface area contributed by atoms with Gasteiger partial charge in [0.25, 0.3) is 0 Å². The maximum atomic E-state index is 5.12. The molecule has 1 rings (SSSR count). The van der Waals surface area contributed by atoms with Crippen LogP contribution in [0.3, 0.4) is 0 Å². The minimum absolute atomic E-state index is 0.300. The molecule has 0 radical (unpaired) electrons. The lowest BCUT2D eigenvalue weighted by Crippen LogP contribution is -1.98. The van der Waals surface area contributed by atoms with Crippen molar-refractivity contribution in [1.29, 1.82) is 0 Å². The summed E-state index contributed by atoms with van der Waals surface area (Å²) in [5.74, 6) is 0. The Hall–Kier alpha value is -0.450. The van der Waals surface area contributed by atoms with Gasteiger partial charge in [0.1, 0.15) is 11.4 Å². The van der Waals surface area contributed by atoms with Crippen LogP contribution in [0.25, 0.3) is 0 Å². The van der Waals surface area contributed by atoms with Crippen LogP contribution in [-0.4, -0.2) is 18.9 Å². The van der Waals surface area contributed by atoms with E-state index in [1.807, 2.05) is 18.2 Å². The molecule has 12 heavy (non-hydrogen) atoms. The number of nitrogens with zero attached hydrogens (tertiary/aromatic N) is 1. The van der Waals surface area contributed by atoms with E-state index < -0.39 is 0 Å². The van der Waals surface area contributed by atoms with Gasteiger partial charge < -0.3 is 9.47 Å². The predicted molar refractivity (Wildman–Crippen MR) is 48.6 cm³/mol. The van der Waals surface area contributed by atoms with E-state index in [-0.39, 0.29) is 0 Å². The number of hydrogen-bond acceptors (Lipinski definition) is 3. The molecular weight excluding hydrogens is 222 g/mol. The molecule has 0 aliphatic heterocycles. The van der Waals surface area contributed by atoms with Gasteiger partial charge in [-0.05, 0) is 28.1 Å². The molecule has 4 heteroatoms. The first-order valence-electron chi connectivity index (χ1n) is 3.51. The fourth-order valence-electron chi connectivity index (χ4n) is 0.760. The molecule has 0 saturated heterocycles. The predicted octanol–water partition coefficient (Wildman–Crippen LogP) is 1.96. The number of ether oxygens (including phenoxy) is 2. The lowest BCUT2D eigenvalue weighted by Gasteiger charge is -2.01. The van der Waals surface area contributed by atoms with E-state index in [1.165, 1.54) is 0 Å². The molecule has 1 aromatic rings. The molecule has 0 unspecified atom stereocenters. The fourth-order valence-corrected chi connectivity index (χ4v) is 1.14.